The maximum absolute atomic E-state index is 12.4. The van der Waals surface area contributed by atoms with E-state index in [-0.39, 0.29) is 18.3 Å². The van der Waals surface area contributed by atoms with E-state index in [1.165, 1.54) is 18.3 Å². The topological polar surface area (TPSA) is 100 Å². The number of benzene rings is 3. The fourth-order valence-electron chi connectivity index (χ4n) is 2.56. The Morgan fingerprint density at radius 3 is 2.48 bits per heavy atom. The minimum absolute atomic E-state index is 0.151. The number of hydrogen-bond donors (Lipinski definition) is 3. The molecule has 0 aliphatic carbocycles. The van der Waals surface area contributed by atoms with Crippen LogP contribution in [0.15, 0.2) is 71.8 Å². The number of rotatable bonds is 7. The number of nitrogens with zero attached hydrogens (tertiary/aromatic N) is 1. The van der Waals surface area contributed by atoms with E-state index in [0.29, 0.717) is 22.0 Å². The highest BCUT2D eigenvalue weighted by molar-refractivity contribution is 6.31. The Hall–Kier alpha value is -3.84. The van der Waals surface area contributed by atoms with Crippen molar-refractivity contribution in [2.75, 3.05) is 11.9 Å². The average Bonchev–Trinajstić information content (AvgIpc) is 2.77. The molecular formula is C23H20ClN3O4. The van der Waals surface area contributed by atoms with Crippen molar-refractivity contribution in [1.29, 1.82) is 0 Å². The Labute approximate surface area is 184 Å². The van der Waals surface area contributed by atoms with Gasteiger partial charge in [-0.3, -0.25) is 9.59 Å². The number of hydrazone groups is 1. The lowest BCUT2D eigenvalue weighted by Crippen LogP contribution is -2.24. The minimum atomic E-state index is -0.437. The number of amides is 2. The van der Waals surface area contributed by atoms with E-state index in [9.17, 15) is 14.7 Å². The first-order chi connectivity index (χ1) is 14.9. The number of aromatic hydroxyl groups is 1. The van der Waals surface area contributed by atoms with Crippen LogP contribution in [0.4, 0.5) is 5.69 Å². The zero-order valence-electron chi connectivity index (χ0n) is 16.6. The van der Waals surface area contributed by atoms with Crippen molar-refractivity contribution < 1.29 is 19.4 Å². The number of phenols is 1. The fourth-order valence-corrected chi connectivity index (χ4v) is 2.73. The van der Waals surface area contributed by atoms with Crippen LogP contribution >= 0.6 is 11.6 Å². The molecule has 0 bridgehead atoms. The maximum Gasteiger partial charge on any atom is 0.277 e. The van der Waals surface area contributed by atoms with Crippen molar-refractivity contribution >= 4 is 35.3 Å². The summed E-state index contributed by atoms with van der Waals surface area (Å²) in [4.78, 5) is 24.3. The van der Waals surface area contributed by atoms with Gasteiger partial charge in [0.05, 0.1) is 6.21 Å². The first-order valence-corrected chi connectivity index (χ1v) is 9.70. The van der Waals surface area contributed by atoms with E-state index in [4.69, 9.17) is 16.3 Å². The van der Waals surface area contributed by atoms with E-state index in [1.54, 1.807) is 54.6 Å². The van der Waals surface area contributed by atoms with Gasteiger partial charge in [-0.15, -0.1) is 0 Å². The summed E-state index contributed by atoms with van der Waals surface area (Å²) >= 11 is 6.07. The molecule has 0 unspecified atom stereocenters. The van der Waals surface area contributed by atoms with Crippen LogP contribution in [0.25, 0.3) is 0 Å². The van der Waals surface area contributed by atoms with Crippen LogP contribution in [0.3, 0.4) is 0 Å². The smallest absolute Gasteiger partial charge is 0.277 e. The van der Waals surface area contributed by atoms with Gasteiger partial charge in [-0.05, 0) is 78.7 Å². The van der Waals surface area contributed by atoms with Gasteiger partial charge in [-0.1, -0.05) is 17.7 Å². The third-order valence-corrected chi connectivity index (χ3v) is 4.71. The molecule has 0 saturated carbocycles. The number of anilines is 1. The van der Waals surface area contributed by atoms with Gasteiger partial charge < -0.3 is 15.2 Å². The Morgan fingerprint density at radius 1 is 1.06 bits per heavy atom. The van der Waals surface area contributed by atoms with Gasteiger partial charge in [0.1, 0.15) is 11.5 Å². The van der Waals surface area contributed by atoms with E-state index in [2.05, 4.69) is 15.8 Å². The maximum atomic E-state index is 12.4. The zero-order valence-corrected chi connectivity index (χ0v) is 17.4. The highest BCUT2D eigenvalue weighted by atomic mass is 35.5. The van der Waals surface area contributed by atoms with Gasteiger partial charge in [0.2, 0.25) is 0 Å². The SMILES string of the molecule is Cc1c(Cl)cccc1NC(=O)c1ccc(OCC(=O)NN=Cc2ccc(O)cc2)cc1. The van der Waals surface area contributed by atoms with Crippen molar-refractivity contribution in [3.05, 3.63) is 88.4 Å². The molecule has 0 aliphatic rings. The molecular weight excluding hydrogens is 418 g/mol. The number of phenolic OH excluding ortho intramolecular Hbond substituents is 1. The van der Waals surface area contributed by atoms with Crippen molar-refractivity contribution in [2.45, 2.75) is 6.92 Å². The molecule has 7 nitrogen and oxygen atoms in total. The molecule has 0 heterocycles. The summed E-state index contributed by atoms with van der Waals surface area (Å²) in [6.07, 6.45) is 1.45. The van der Waals surface area contributed by atoms with Crippen LogP contribution in [0.5, 0.6) is 11.5 Å². The first-order valence-electron chi connectivity index (χ1n) is 9.32. The van der Waals surface area contributed by atoms with Gasteiger partial charge >= 0.3 is 0 Å². The second kappa shape index (κ2) is 10.3. The first kappa shape index (κ1) is 21.9. The van der Waals surface area contributed by atoms with Gasteiger partial charge in [0.25, 0.3) is 11.8 Å². The highest BCUT2D eigenvalue weighted by Gasteiger charge is 2.10. The van der Waals surface area contributed by atoms with Crippen LogP contribution in [-0.2, 0) is 4.79 Å². The lowest BCUT2D eigenvalue weighted by atomic mass is 10.1. The van der Waals surface area contributed by atoms with Gasteiger partial charge in [0, 0.05) is 16.3 Å². The summed E-state index contributed by atoms with van der Waals surface area (Å²) in [5, 5.41) is 16.4. The summed E-state index contributed by atoms with van der Waals surface area (Å²) in [7, 11) is 0. The van der Waals surface area contributed by atoms with E-state index >= 15 is 0 Å². The third kappa shape index (κ3) is 6.32. The standard InChI is InChI=1S/C23H20ClN3O4/c1-15-20(24)3-2-4-21(15)26-23(30)17-7-11-19(12-8-17)31-14-22(29)27-25-13-16-5-9-18(28)10-6-16/h2-13,28H,14H2,1H3,(H,26,30)(H,27,29). The second-order valence-corrected chi connectivity index (χ2v) is 6.97. The molecule has 3 rings (SSSR count). The molecule has 158 valence electrons. The van der Waals surface area contributed by atoms with Gasteiger partial charge in [0.15, 0.2) is 6.61 Å². The highest BCUT2D eigenvalue weighted by Crippen LogP contribution is 2.23. The number of nitrogens with one attached hydrogen (secondary N) is 2. The van der Waals surface area contributed by atoms with Gasteiger partial charge in [-0.25, -0.2) is 5.43 Å². The van der Waals surface area contributed by atoms with Crippen LogP contribution < -0.4 is 15.5 Å². The van der Waals surface area contributed by atoms with Crippen molar-refractivity contribution in [3.63, 3.8) is 0 Å². The Morgan fingerprint density at radius 2 is 1.77 bits per heavy atom. The zero-order chi connectivity index (χ0) is 22.2. The molecule has 3 aromatic carbocycles. The number of halogens is 1. The van der Waals surface area contributed by atoms with E-state index < -0.39 is 5.91 Å². The summed E-state index contributed by atoms with van der Waals surface area (Å²) in [5.41, 5.74) is 4.94. The normalized spacial score (nSPS) is 10.6. The number of hydrogen-bond acceptors (Lipinski definition) is 5. The number of carbonyl (C=O) groups is 2. The van der Waals surface area contributed by atoms with Crippen molar-refractivity contribution in [2.24, 2.45) is 5.10 Å². The molecule has 0 aliphatic heterocycles. The molecule has 8 heteroatoms. The van der Waals surface area contributed by atoms with E-state index in [0.717, 1.165) is 11.1 Å². The molecule has 3 N–H and O–H groups in total. The van der Waals surface area contributed by atoms with Crippen LogP contribution in [0, 0.1) is 6.92 Å². The summed E-state index contributed by atoms with van der Waals surface area (Å²) in [5.74, 6) is -0.127. The molecule has 0 spiro atoms. The lowest BCUT2D eigenvalue weighted by molar-refractivity contribution is -0.123. The van der Waals surface area contributed by atoms with Crippen LogP contribution in [-0.4, -0.2) is 29.7 Å². The molecule has 0 aromatic heterocycles. The molecule has 0 fully saturated rings. The number of ether oxygens (including phenoxy) is 1. The monoisotopic (exact) mass is 437 g/mol. The number of carbonyl (C=O) groups excluding carboxylic acids is 2. The van der Waals surface area contributed by atoms with Crippen molar-refractivity contribution in [1.82, 2.24) is 5.43 Å². The lowest BCUT2D eigenvalue weighted by Gasteiger charge is -2.10. The van der Waals surface area contributed by atoms with E-state index in [1.807, 2.05) is 6.92 Å². The van der Waals surface area contributed by atoms with Crippen LogP contribution in [0.2, 0.25) is 5.02 Å². The average molecular weight is 438 g/mol. The fraction of sp³-hybridized carbons (Fsp3) is 0.0870. The largest absolute Gasteiger partial charge is 0.508 e. The summed E-state index contributed by atoms with van der Waals surface area (Å²) in [6, 6.07) is 18.1. The van der Waals surface area contributed by atoms with Gasteiger partial charge in [-0.2, -0.15) is 5.10 Å². The molecule has 0 atom stereocenters. The molecule has 3 aromatic rings. The third-order valence-electron chi connectivity index (χ3n) is 4.30. The Bertz CT molecular complexity index is 1100. The predicted molar refractivity (Wildman–Crippen MR) is 120 cm³/mol. The Balaban J connectivity index is 1.48. The molecule has 2 amide bonds. The van der Waals surface area contributed by atoms with Crippen LogP contribution in [0.1, 0.15) is 21.5 Å². The summed E-state index contributed by atoms with van der Waals surface area (Å²) < 4.78 is 5.41. The quantitative estimate of drug-likeness (QED) is 0.382. The second-order valence-electron chi connectivity index (χ2n) is 6.56. The Kier molecular flexibility index (Phi) is 7.24. The molecule has 0 saturated heterocycles. The summed E-state index contributed by atoms with van der Waals surface area (Å²) in [6.45, 7) is 1.59. The molecule has 0 radical (unpaired) electrons. The minimum Gasteiger partial charge on any atom is -0.508 e. The predicted octanol–water partition coefficient (Wildman–Crippen LogP) is 4.14. The molecule has 31 heavy (non-hydrogen) atoms. The van der Waals surface area contributed by atoms with Crippen molar-refractivity contribution in [3.8, 4) is 11.5 Å².